The fourth-order valence-corrected chi connectivity index (χ4v) is 3.00. The highest BCUT2D eigenvalue weighted by atomic mass is 32.2. The molecular weight excluding hydrogens is 238 g/mol. The lowest BCUT2D eigenvalue weighted by Gasteiger charge is -2.13. The Morgan fingerprint density at radius 1 is 1.44 bits per heavy atom. The van der Waals surface area contributed by atoms with Crippen LogP contribution in [-0.4, -0.2) is 9.36 Å². The maximum atomic E-state index is 6.08. The summed E-state index contributed by atoms with van der Waals surface area (Å²) in [5.74, 6) is 0. The Balaban J connectivity index is 2.26. The molecule has 5 heteroatoms. The van der Waals surface area contributed by atoms with Crippen LogP contribution in [0.2, 0.25) is 0 Å². The second kappa shape index (κ2) is 5.43. The van der Waals surface area contributed by atoms with Crippen LogP contribution < -0.4 is 5.73 Å². The van der Waals surface area contributed by atoms with Gasteiger partial charge in [0.25, 0.3) is 0 Å². The highest BCUT2D eigenvalue weighted by molar-refractivity contribution is 8.01. The van der Waals surface area contributed by atoms with Crippen LogP contribution in [0.4, 0.5) is 0 Å². The molecule has 0 spiro atoms. The van der Waals surface area contributed by atoms with Gasteiger partial charge in [-0.2, -0.15) is 4.37 Å². The molecule has 0 saturated carbocycles. The average Bonchev–Trinajstić information content (AvgIpc) is 2.82. The number of aromatic nitrogens is 2. The third-order valence-electron chi connectivity index (χ3n) is 2.30. The number of hydrogen-bond donors (Lipinski definition) is 1. The van der Waals surface area contributed by atoms with Crippen LogP contribution in [0, 0.1) is 0 Å². The first-order valence-corrected chi connectivity index (χ1v) is 6.69. The van der Waals surface area contributed by atoms with Gasteiger partial charge >= 0.3 is 0 Å². The Morgan fingerprint density at radius 3 is 2.94 bits per heavy atom. The molecule has 0 saturated heterocycles. The second-order valence-electron chi connectivity index (χ2n) is 3.36. The van der Waals surface area contributed by atoms with Crippen molar-refractivity contribution >= 4 is 23.3 Å². The van der Waals surface area contributed by atoms with E-state index in [4.69, 9.17) is 5.73 Å². The third-order valence-corrected chi connectivity index (χ3v) is 4.10. The van der Waals surface area contributed by atoms with Crippen LogP contribution in [0.5, 0.6) is 0 Å². The monoisotopic (exact) mass is 251 g/mol. The minimum absolute atomic E-state index is 0.0941. The van der Waals surface area contributed by atoms with Gasteiger partial charge in [0, 0.05) is 10.9 Å². The van der Waals surface area contributed by atoms with Crippen LogP contribution >= 0.6 is 23.3 Å². The summed E-state index contributed by atoms with van der Waals surface area (Å²) in [7, 11) is 0. The summed E-state index contributed by atoms with van der Waals surface area (Å²) in [6.45, 7) is 2.09. The van der Waals surface area contributed by atoms with Crippen LogP contribution in [0.15, 0.2) is 39.8 Å². The maximum Gasteiger partial charge on any atom is 0.174 e. The zero-order chi connectivity index (χ0) is 11.4. The normalized spacial score (nSPS) is 12.6. The number of benzene rings is 1. The van der Waals surface area contributed by atoms with Gasteiger partial charge in [-0.1, -0.05) is 36.9 Å². The Labute approximate surface area is 103 Å². The zero-order valence-corrected chi connectivity index (χ0v) is 10.6. The van der Waals surface area contributed by atoms with Gasteiger partial charge in [0.05, 0.1) is 0 Å². The Morgan fingerprint density at radius 2 is 2.25 bits per heavy atom. The van der Waals surface area contributed by atoms with Gasteiger partial charge in [0.2, 0.25) is 0 Å². The topological polar surface area (TPSA) is 51.8 Å². The van der Waals surface area contributed by atoms with Gasteiger partial charge in [-0.25, -0.2) is 4.98 Å². The van der Waals surface area contributed by atoms with Crippen molar-refractivity contribution in [2.24, 2.45) is 5.73 Å². The maximum absolute atomic E-state index is 6.08. The van der Waals surface area contributed by atoms with E-state index in [1.54, 1.807) is 18.1 Å². The molecule has 0 aliphatic heterocycles. The SMILES string of the molecule is CCC(N)c1ccccc1Sc1ncns1. The molecule has 0 aliphatic rings. The van der Waals surface area contributed by atoms with Crippen LogP contribution in [-0.2, 0) is 0 Å². The standard InChI is InChI=1S/C11H13N3S2/c1-2-9(12)8-5-3-4-6-10(8)15-11-13-7-14-16-11/h3-7,9H,2,12H2,1H3. The molecule has 84 valence electrons. The molecule has 2 rings (SSSR count). The van der Waals surface area contributed by atoms with Gasteiger partial charge in [-0.15, -0.1) is 0 Å². The van der Waals surface area contributed by atoms with Crippen molar-refractivity contribution in [3.05, 3.63) is 36.2 Å². The number of hydrogen-bond acceptors (Lipinski definition) is 5. The van der Waals surface area contributed by atoms with E-state index in [0.717, 1.165) is 10.8 Å². The summed E-state index contributed by atoms with van der Waals surface area (Å²) in [6.07, 6.45) is 2.52. The first-order chi connectivity index (χ1) is 7.81. The van der Waals surface area contributed by atoms with E-state index >= 15 is 0 Å². The molecule has 0 amide bonds. The molecule has 0 aliphatic carbocycles. The second-order valence-corrected chi connectivity index (χ2v) is 5.43. The van der Waals surface area contributed by atoms with Crippen molar-refractivity contribution in [2.75, 3.05) is 0 Å². The quantitative estimate of drug-likeness (QED) is 0.907. The summed E-state index contributed by atoms with van der Waals surface area (Å²) in [6, 6.07) is 8.30. The van der Waals surface area contributed by atoms with Crippen molar-refractivity contribution in [3.8, 4) is 0 Å². The predicted octanol–water partition coefficient (Wildman–Crippen LogP) is 3.10. The summed E-state index contributed by atoms with van der Waals surface area (Å²) in [4.78, 5) is 5.34. The Kier molecular flexibility index (Phi) is 3.93. The molecule has 3 nitrogen and oxygen atoms in total. The first kappa shape index (κ1) is 11.6. The fraction of sp³-hybridized carbons (Fsp3) is 0.273. The van der Waals surface area contributed by atoms with E-state index in [0.29, 0.717) is 0 Å². The van der Waals surface area contributed by atoms with Crippen LogP contribution in [0.1, 0.15) is 24.9 Å². The molecule has 0 bridgehead atoms. The van der Waals surface area contributed by atoms with E-state index in [9.17, 15) is 0 Å². The van der Waals surface area contributed by atoms with Gasteiger partial charge in [0.1, 0.15) is 6.33 Å². The van der Waals surface area contributed by atoms with Crippen LogP contribution in [0.3, 0.4) is 0 Å². The van der Waals surface area contributed by atoms with Gasteiger partial charge < -0.3 is 5.73 Å². The fourth-order valence-electron chi connectivity index (χ4n) is 1.40. The molecule has 1 heterocycles. The lowest BCUT2D eigenvalue weighted by molar-refractivity contribution is 0.685. The summed E-state index contributed by atoms with van der Waals surface area (Å²) >= 11 is 3.04. The van der Waals surface area contributed by atoms with Crippen molar-refractivity contribution in [1.82, 2.24) is 9.36 Å². The number of rotatable bonds is 4. The highest BCUT2D eigenvalue weighted by Crippen LogP contribution is 2.33. The average molecular weight is 251 g/mol. The van der Waals surface area contributed by atoms with Gasteiger partial charge in [-0.05, 0) is 29.6 Å². The molecule has 16 heavy (non-hydrogen) atoms. The summed E-state index contributed by atoms with van der Waals surface area (Å²) < 4.78 is 4.95. The molecular formula is C11H13N3S2. The van der Waals surface area contributed by atoms with Gasteiger partial charge in [0.15, 0.2) is 4.34 Å². The minimum atomic E-state index is 0.0941. The first-order valence-electron chi connectivity index (χ1n) is 5.10. The Hall–Kier alpha value is -0.910. The van der Waals surface area contributed by atoms with Crippen molar-refractivity contribution in [3.63, 3.8) is 0 Å². The van der Waals surface area contributed by atoms with Crippen molar-refractivity contribution in [1.29, 1.82) is 0 Å². The lowest BCUT2D eigenvalue weighted by Crippen LogP contribution is -2.09. The predicted molar refractivity (Wildman–Crippen MR) is 67.7 cm³/mol. The van der Waals surface area contributed by atoms with E-state index in [-0.39, 0.29) is 6.04 Å². The smallest absolute Gasteiger partial charge is 0.174 e. The van der Waals surface area contributed by atoms with Crippen LogP contribution in [0.25, 0.3) is 0 Å². The largest absolute Gasteiger partial charge is 0.324 e. The Bertz CT molecular complexity index is 442. The number of nitrogens with zero attached hydrogens (tertiary/aromatic N) is 2. The summed E-state index contributed by atoms with van der Waals surface area (Å²) in [5.41, 5.74) is 7.26. The van der Waals surface area contributed by atoms with E-state index in [1.165, 1.54) is 22.0 Å². The molecule has 2 aromatic rings. The summed E-state index contributed by atoms with van der Waals surface area (Å²) in [5, 5.41) is 0. The van der Waals surface area contributed by atoms with E-state index in [2.05, 4.69) is 28.4 Å². The molecule has 1 unspecified atom stereocenters. The van der Waals surface area contributed by atoms with Crippen molar-refractivity contribution < 1.29 is 0 Å². The van der Waals surface area contributed by atoms with Gasteiger partial charge in [-0.3, -0.25) is 0 Å². The minimum Gasteiger partial charge on any atom is -0.324 e. The number of nitrogens with two attached hydrogens (primary N) is 1. The molecule has 0 fully saturated rings. The zero-order valence-electron chi connectivity index (χ0n) is 8.96. The van der Waals surface area contributed by atoms with Crippen molar-refractivity contribution in [2.45, 2.75) is 28.6 Å². The lowest BCUT2D eigenvalue weighted by atomic mass is 10.1. The molecule has 2 N–H and O–H groups in total. The molecule has 1 aromatic carbocycles. The van der Waals surface area contributed by atoms with E-state index in [1.807, 2.05) is 12.1 Å². The molecule has 1 atom stereocenters. The molecule has 0 radical (unpaired) electrons. The molecule has 1 aromatic heterocycles. The highest BCUT2D eigenvalue weighted by Gasteiger charge is 2.10. The third kappa shape index (κ3) is 2.61. The van der Waals surface area contributed by atoms with E-state index < -0.39 is 0 Å².